The Balaban J connectivity index is 0.00000160. The normalized spacial score (nSPS) is 15.2. The Morgan fingerprint density at radius 3 is 2.47 bits per heavy atom. The van der Waals surface area contributed by atoms with Gasteiger partial charge in [-0.05, 0) is 30.3 Å². The van der Waals surface area contributed by atoms with Crippen LogP contribution in [0.4, 0.5) is 5.69 Å². The molecule has 2 heterocycles. The largest absolute Gasteiger partial charge is 0.495 e. The summed E-state index contributed by atoms with van der Waals surface area (Å²) in [6, 6.07) is 16.0. The summed E-state index contributed by atoms with van der Waals surface area (Å²) in [6.45, 7) is 4.54. The van der Waals surface area contributed by atoms with Crippen LogP contribution < -0.4 is 14.4 Å². The number of nitrogens with one attached hydrogen (secondary N) is 1. The zero-order chi connectivity index (χ0) is 19.3. The third kappa shape index (κ3) is 5.52. The molecule has 6 nitrogen and oxygen atoms in total. The van der Waals surface area contributed by atoms with Crippen LogP contribution in [0.2, 0.25) is 0 Å². The Bertz CT molecular complexity index is 913. The lowest BCUT2D eigenvalue weighted by Gasteiger charge is -2.37. The van der Waals surface area contributed by atoms with Crippen molar-refractivity contribution < 1.29 is 14.6 Å². The number of benzene rings is 2. The number of hydrogen-bond acceptors (Lipinski definition) is 5. The number of halogens is 2. The van der Waals surface area contributed by atoms with Gasteiger partial charge in [0.15, 0.2) is 0 Å². The van der Waals surface area contributed by atoms with Gasteiger partial charge < -0.3 is 24.5 Å². The van der Waals surface area contributed by atoms with Crippen molar-refractivity contribution in [3.63, 3.8) is 0 Å². The van der Waals surface area contributed by atoms with Crippen LogP contribution in [0, 0.1) is 0 Å². The molecule has 1 atom stereocenters. The molecular formula is C22H29Cl2N3O3. The molecule has 2 N–H and O–H groups in total. The molecule has 0 radical (unpaired) electrons. The van der Waals surface area contributed by atoms with E-state index in [9.17, 15) is 5.11 Å². The van der Waals surface area contributed by atoms with E-state index >= 15 is 0 Å². The second-order valence-electron chi connectivity index (χ2n) is 7.12. The number of anilines is 1. The van der Waals surface area contributed by atoms with Crippen molar-refractivity contribution in [2.75, 3.05) is 51.3 Å². The summed E-state index contributed by atoms with van der Waals surface area (Å²) >= 11 is 0. The van der Waals surface area contributed by atoms with Crippen molar-refractivity contribution >= 4 is 41.4 Å². The van der Waals surface area contributed by atoms with Crippen LogP contribution in [0.15, 0.2) is 54.7 Å². The zero-order valence-corrected chi connectivity index (χ0v) is 18.6. The molecule has 4 rings (SSSR count). The van der Waals surface area contributed by atoms with Crippen LogP contribution in [-0.2, 0) is 0 Å². The molecule has 30 heavy (non-hydrogen) atoms. The van der Waals surface area contributed by atoms with E-state index in [1.807, 2.05) is 48.7 Å². The Kier molecular flexibility index (Phi) is 9.11. The van der Waals surface area contributed by atoms with Gasteiger partial charge in [-0.25, -0.2) is 0 Å². The molecule has 2 aromatic carbocycles. The minimum atomic E-state index is -0.521. The van der Waals surface area contributed by atoms with E-state index in [2.05, 4.69) is 20.9 Å². The highest BCUT2D eigenvalue weighted by molar-refractivity contribution is 5.86. The summed E-state index contributed by atoms with van der Waals surface area (Å²) in [7, 11) is 1.71. The minimum absolute atomic E-state index is 0. The number of aliphatic hydroxyl groups is 1. The zero-order valence-electron chi connectivity index (χ0n) is 17.0. The summed E-state index contributed by atoms with van der Waals surface area (Å²) in [5.41, 5.74) is 2.17. The Labute approximate surface area is 189 Å². The molecule has 0 amide bonds. The number of aliphatic hydroxyl groups excluding tert-OH is 1. The van der Waals surface area contributed by atoms with Gasteiger partial charge >= 0.3 is 0 Å². The van der Waals surface area contributed by atoms with Gasteiger partial charge in [-0.15, -0.1) is 24.8 Å². The quantitative estimate of drug-likeness (QED) is 0.572. The number of β-amino-alcohol motifs (C(OH)–C–C–N with tert-alkyl or cyclic N) is 1. The smallest absolute Gasteiger partial charge is 0.142 e. The second-order valence-corrected chi connectivity index (χ2v) is 7.12. The van der Waals surface area contributed by atoms with Crippen molar-refractivity contribution in [1.82, 2.24) is 9.88 Å². The third-order valence-corrected chi connectivity index (χ3v) is 5.25. The Morgan fingerprint density at radius 2 is 1.70 bits per heavy atom. The molecule has 1 unspecified atom stereocenters. The summed E-state index contributed by atoms with van der Waals surface area (Å²) in [6.07, 6.45) is 1.38. The Hall–Kier alpha value is -2.12. The summed E-state index contributed by atoms with van der Waals surface area (Å²) in [4.78, 5) is 7.80. The van der Waals surface area contributed by atoms with Crippen molar-refractivity contribution in [1.29, 1.82) is 0 Å². The first kappa shape index (κ1) is 24.2. The molecule has 1 fully saturated rings. The van der Waals surface area contributed by atoms with Crippen LogP contribution in [0.5, 0.6) is 11.5 Å². The van der Waals surface area contributed by atoms with Gasteiger partial charge in [0.1, 0.15) is 24.2 Å². The molecule has 0 spiro atoms. The lowest BCUT2D eigenvalue weighted by molar-refractivity contribution is 0.0668. The SMILES string of the molecule is COc1ccccc1N1CCN(CC(O)COc2cccc3[nH]ccc23)CC1.Cl.Cl. The van der Waals surface area contributed by atoms with Gasteiger partial charge in [0.25, 0.3) is 0 Å². The lowest BCUT2D eigenvalue weighted by Crippen LogP contribution is -2.49. The van der Waals surface area contributed by atoms with Gasteiger partial charge in [0.2, 0.25) is 0 Å². The molecule has 1 aromatic heterocycles. The number of ether oxygens (including phenoxy) is 2. The predicted octanol–water partition coefficient (Wildman–Crippen LogP) is 3.58. The molecule has 1 aliphatic rings. The number of fused-ring (bicyclic) bond motifs is 1. The minimum Gasteiger partial charge on any atom is -0.495 e. The first-order valence-electron chi connectivity index (χ1n) is 9.72. The number of H-pyrrole nitrogens is 1. The number of nitrogens with zero attached hydrogens (tertiary/aromatic N) is 2. The van der Waals surface area contributed by atoms with Crippen LogP contribution in [0.1, 0.15) is 0 Å². The summed E-state index contributed by atoms with van der Waals surface area (Å²) < 4.78 is 11.4. The Morgan fingerprint density at radius 1 is 0.967 bits per heavy atom. The number of para-hydroxylation sites is 2. The molecule has 3 aromatic rings. The summed E-state index contributed by atoms with van der Waals surface area (Å²) in [5, 5.41) is 11.5. The monoisotopic (exact) mass is 453 g/mol. The van der Waals surface area contributed by atoms with Crippen molar-refractivity contribution in [2.24, 2.45) is 0 Å². The number of aromatic nitrogens is 1. The van der Waals surface area contributed by atoms with Crippen LogP contribution >= 0.6 is 24.8 Å². The number of methoxy groups -OCH3 is 1. The fraction of sp³-hybridized carbons (Fsp3) is 0.364. The molecule has 0 saturated carbocycles. The second kappa shape index (κ2) is 11.3. The van der Waals surface area contributed by atoms with Gasteiger partial charge in [-0.3, -0.25) is 4.90 Å². The van der Waals surface area contributed by atoms with Gasteiger partial charge in [-0.1, -0.05) is 18.2 Å². The third-order valence-electron chi connectivity index (χ3n) is 5.25. The standard InChI is InChI=1S/C22H27N3O3.2ClH/c1-27-22-7-3-2-6-20(22)25-13-11-24(12-14-25)15-17(26)16-28-21-8-4-5-19-18(21)9-10-23-19;;/h2-10,17,23,26H,11-16H2,1H3;2*1H. The van der Waals surface area contributed by atoms with Crippen molar-refractivity contribution in [3.8, 4) is 11.5 Å². The maximum absolute atomic E-state index is 10.4. The van der Waals surface area contributed by atoms with Crippen LogP contribution in [-0.4, -0.2) is 67.5 Å². The molecular weight excluding hydrogens is 425 g/mol. The van der Waals surface area contributed by atoms with Crippen molar-refractivity contribution in [3.05, 3.63) is 54.7 Å². The predicted molar refractivity (Wildman–Crippen MR) is 126 cm³/mol. The first-order chi connectivity index (χ1) is 13.7. The fourth-order valence-electron chi connectivity index (χ4n) is 3.78. The van der Waals surface area contributed by atoms with E-state index in [0.29, 0.717) is 6.54 Å². The van der Waals surface area contributed by atoms with Crippen LogP contribution in [0.25, 0.3) is 10.9 Å². The molecule has 1 aliphatic heterocycles. The number of hydrogen-bond donors (Lipinski definition) is 2. The highest BCUT2D eigenvalue weighted by Gasteiger charge is 2.21. The van der Waals surface area contributed by atoms with E-state index in [-0.39, 0.29) is 31.4 Å². The number of piperazine rings is 1. The number of aromatic amines is 1. The van der Waals surface area contributed by atoms with Gasteiger partial charge in [0, 0.05) is 49.8 Å². The number of rotatable bonds is 7. The van der Waals surface area contributed by atoms with E-state index in [1.54, 1.807) is 7.11 Å². The topological polar surface area (TPSA) is 61.0 Å². The average Bonchev–Trinajstić information content (AvgIpc) is 3.22. The lowest BCUT2D eigenvalue weighted by atomic mass is 10.2. The molecule has 0 aliphatic carbocycles. The maximum atomic E-state index is 10.4. The van der Waals surface area contributed by atoms with Gasteiger partial charge in [0.05, 0.1) is 12.8 Å². The summed E-state index contributed by atoms with van der Waals surface area (Å²) in [5.74, 6) is 1.71. The highest BCUT2D eigenvalue weighted by atomic mass is 35.5. The highest BCUT2D eigenvalue weighted by Crippen LogP contribution is 2.28. The van der Waals surface area contributed by atoms with E-state index in [4.69, 9.17) is 9.47 Å². The average molecular weight is 454 g/mol. The molecule has 1 saturated heterocycles. The van der Waals surface area contributed by atoms with E-state index < -0.39 is 6.10 Å². The maximum Gasteiger partial charge on any atom is 0.142 e. The molecule has 164 valence electrons. The van der Waals surface area contributed by atoms with Gasteiger partial charge in [-0.2, -0.15) is 0 Å². The first-order valence-corrected chi connectivity index (χ1v) is 9.72. The molecule has 8 heteroatoms. The van der Waals surface area contributed by atoms with E-state index in [1.165, 1.54) is 0 Å². The fourth-order valence-corrected chi connectivity index (χ4v) is 3.78. The van der Waals surface area contributed by atoms with Crippen LogP contribution in [0.3, 0.4) is 0 Å². The molecule has 0 bridgehead atoms. The van der Waals surface area contributed by atoms with Crippen molar-refractivity contribution in [2.45, 2.75) is 6.10 Å². The van der Waals surface area contributed by atoms with E-state index in [0.717, 1.165) is 54.3 Å².